The molecule has 11 rings (SSSR count). The molecule has 0 unspecified atom stereocenters. The van der Waals surface area contributed by atoms with Crippen LogP contribution in [-0.4, -0.2) is 19.5 Å². The number of benzene rings is 8. The Morgan fingerprint density at radius 2 is 0.984 bits per heavy atom. The molecule has 5 heteroatoms. The number of nitrogens with zero attached hydrogens (tertiary/aromatic N) is 5. The molecular formula is C59H43N5. The van der Waals surface area contributed by atoms with Crippen LogP contribution in [0.2, 0.25) is 0 Å². The van der Waals surface area contributed by atoms with Gasteiger partial charge in [0.15, 0.2) is 17.5 Å². The fourth-order valence-electron chi connectivity index (χ4n) is 9.12. The molecular weight excluding hydrogens is 779 g/mol. The summed E-state index contributed by atoms with van der Waals surface area (Å²) in [6.07, 6.45) is 6.31. The standard InChI is InChI=1S/C59H43N5/c1-3-19-40(4-2)41-32-34-43(35-33-41)58-60-57(42-20-8-5-9-21-42)61-59(62-58)46-23-18-22-44(38-46)45-36-37-54-51(39-45)55-49-28-14-16-30-52(49)64(48-26-12-7-13-27-48)56(55)50-29-15-17-31-53(50)63(54)47-24-10-6-11-25-47/h3-39H,1-2H3/b19-3-,40-4+. The van der Waals surface area contributed by atoms with Crippen molar-refractivity contribution in [1.29, 1.82) is 0 Å². The average molecular weight is 822 g/mol. The minimum Gasteiger partial charge on any atom is -0.309 e. The van der Waals surface area contributed by atoms with Crippen molar-refractivity contribution in [3.63, 3.8) is 0 Å². The molecule has 0 spiro atoms. The van der Waals surface area contributed by atoms with E-state index in [9.17, 15) is 0 Å². The van der Waals surface area contributed by atoms with Crippen molar-refractivity contribution in [1.82, 2.24) is 19.5 Å². The van der Waals surface area contributed by atoms with Gasteiger partial charge in [0.1, 0.15) is 0 Å². The summed E-state index contributed by atoms with van der Waals surface area (Å²) in [6, 6.07) is 73.2. The van der Waals surface area contributed by atoms with Crippen LogP contribution < -0.4 is 4.90 Å². The molecule has 64 heavy (non-hydrogen) atoms. The summed E-state index contributed by atoms with van der Waals surface area (Å²) < 4.78 is 2.44. The lowest BCUT2D eigenvalue weighted by Gasteiger charge is -2.28. The molecule has 1 aliphatic heterocycles. The van der Waals surface area contributed by atoms with Gasteiger partial charge in [0.05, 0.1) is 22.6 Å². The number of aromatic nitrogens is 4. The summed E-state index contributed by atoms with van der Waals surface area (Å²) in [7, 11) is 0. The van der Waals surface area contributed by atoms with Crippen molar-refractivity contribution in [2.24, 2.45) is 0 Å². The number of anilines is 3. The number of hydrogen-bond donors (Lipinski definition) is 0. The topological polar surface area (TPSA) is 46.8 Å². The molecule has 10 aromatic rings. The van der Waals surface area contributed by atoms with E-state index in [2.05, 4.69) is 211 Å². The van der Waals surface area contributed by atoms with E-state index in [1.54, 1.807) is 0 Å². The smallest absolute Gasteiger partial charge is 0.164 e. The molecule has 0 aliphatic carbocycles. The monoisotopic (exact) mass is 821 g/mol. The zero-order valence-corrected chi connectivity index (χ0v) is 35.6. The highest BCUT2D eigenvalue weighted by Gasteiger charge is 2.31. The lowest BCUT2D eigenvalue weighted by molar-refractivity contribution is 1.07. The van der Waals surface area contributed by atoms with E-state index < -0.39 is 0 Å². The summed E-state index contributed by atoms with van der Waals surface area (Å²) in [4.78, 5) is 17.7. The van der Waals surface area contributed by atoms with E-state index in [4.69, 9.17) is 15.0 Å². The zero-order chi connectivity index (χ0) is 43.0. The van der Waals surface area contributed by atoms with Crippen molar-refractivity contribution < 1.29 is 0 Å². The van der Waals surface area contributed by atoms with Gasteiger partial charge in [0.2, 0.25) is 0 Å². The van der Waals surface area contributed by atoms with Crippen LogP contribution in [0.3, 0.4) is 0 Å². The molecule has 0 saturated heterocycles. The predicted molar refractivity (Wildman–Crippen MR) is 266 cm³/mol. The molecule has 0 amide bonds. The Kier molecular flexibility index (Phi) is 9.90. The SMILES string of the molecule is C/C=C\C(=C/C)c1ccc(-c2nc(-c3ccccc3)nc(-c3cccc(-c4ccc5c(c4)-c4c(n(-c6ccccc6)c6ccccc46)-c4ccccc4N5c4ccccc4)c3)n2)cc1. The fraction of sp³-hybridized carbons (Fsp3) is 0.0339. The summed E-state index contributed by atoms with van der Waals surface area (Å²) in [5, 5.41) is 1.20. The second-order valence-corrected chi connectivity index (χ2v) is 15.9. The molecule has 0 saturated carbocycles. The van der Waals surface area contributed by atoms with E-state index in [0.717, 1.165) is 78.5 Å². The average Bonchev–Trinajstić information content (AvgIpc) is 3.65. The van der Waals surface area contributed by atoms with Gasteiger partial charge in [-0.1, -0.05) is 170 Å². The second kappa shape index (κ2) is 16.5. The van der Waals surface area contributed by atoms with Gasteiger partial charge in [-0.05, 0) is 90.7 Å². The van der Waals surface area contributed by atoms with Crippen LogP contribution in [0, 0.1) is 0 Å². The minimum absolute atomic E-state index is 0.617. The van der Waals surface area contributed by atoms with Gasteiger partial charge in [0.25, 0.3) is 0 Å². The first-order valence-electron chi connectivity index (χ1n) is 21.8. The molecule has 0 N–H and O–H groups in total. The van der Waals surface area contributed by atoms with Gasteiger partial charge in [-0.2, -0.15) is 0 Å². The molecule has 1 aliphatic rings. The van der Waals surface area contributed by atoms with Crippen LogP contribution in [0.25, 0.3) is 89.8 Å². The fourth-order valence-corrected chi connectivity index (χ4v) is 9.12. The Morgan fingerprint density at radius 3 is 1.70 bits per heavy atom. The number of hydrogen-bond acceptors (Lipinski definition) is 4. The Morgan fingerprint density at radius 1 is 0.438 bits per heavy atom. The maximum absolute atomic E-state index is 5.15. The van der Waals surface area contributed by atoms with Crippen molar-refractivity contribution in [2.45, 2.75) is 13.8 Å². The van der Waals surface area contributed by atoms with Gasteiger partial charge >= 0.3 is 0 Å². The largest absolute Gasteiger partial charge is 0.309 e. The Hall–Kier alpha value is -8.41. The van der Waals surface area contributed by atoms with E-state index in [1.165, 1.54) is 16.5 Å². The molecule has 0 atom stereocenters. The van der Waals surface area contributed by atoms with Crippen molar-refractivity contribution in [3.8, 4) is 73.4 Å². The molecule has 0 bridgehead atoms. The highest BCUT2D eigenvalue weighted by Crippen LogP contribution is 2.55. The first-order valence-corrected chi connectivity index (χ1v) is 21.8. The summed E-state index contributed by atoms with van der Waals surface area (Å²) in [5.41, 5.74) is 17.5. The number of allylic oxidation sites excluding steroid dienone is 4. The predicted octanol–water partition coefficient (Wildman–Crippen LogP) is 15.6. The van der Waals surface area contributed by atoms with E-state index >= 15 is 0 Å². The molecule has 304 valence electrons. The van der Waals surface area contributed by atoms with Crippen molar-refractivity contribution in [3.05, 3.63) is 230 Å². The van der Waals surface area contributed by atoms with E-state index in [-0.39, 0.29) is 0 Å². The number of para-hydroxylation sites is 4. The van der Waals surface area contributed by atoms with Crippen molar-refractivity contribution >= 4 is 33.5 Å². The molecule has 8 aromatic carbocycles. The van der Waals surface area contributed by atoms with Gasteiger partial charge in [-0.25, -0.2) is 15.0 Å². The first-order chi connectivity index (χ1) is 31.7. The second-order valence-electron chi connectivity index (χ2n) is 15.9. The number of fused-ring (bicyclic) bond motifs is 7. The van der Waals surface area contributed by atoms with Gasteiger partial charge in [-0.3, -0.25) is 0 Å². The Balaban J connectivity index is 1.10. The van der Waals surface area contributed by atoms with Crippen molar-refractivity contribution in [2.75, 3.05) is 4.90 Å². The lowest BCUT2D eigenvalue weighted by atomic mass is 9.94. The van der Waals surface area contributed by atoms with Crippen LogP contribution in [0.15, 0.2) is 224 Å². The van der Waals surface area contributed by atoms with Gasteiger partial charge < -0.3 is 9.47 Å². The Bertz CT molecular complexity index is 3380. The van der Waals surface area contributed by atoms with Gasteiger partial charge in [0, 0.05) is 50.1 Å². The third-order valence-electron chi connectivity index (χ3n) is 12.1. The lowest BCUT2D eigenvalue weighted by Crippen LogP contribution is -2.11. The Labute approximate surface area is 373 Å². The quantitative estimate of drug-likeness (QED) is 0.143. The molecule has 2 aromatic heterocycles. The summed E-state index contributed by atoms with van der Waals surface area (Å²) in [6.45, 7) is 4.10. The maximum atomic E-state index is 5.15. The van der Waals surface area contributed by atoms with Crippen LogP contribution in [0.4, 0.5) is 17.1 Å². The van der Waals surface area contributed by atoms with Crippen LogP contribution in [0.1, 0.15) is 19.4 Å². The van der Waals surface area contributed by atoms with E-state index in [0.29, 0.717) is 17.5 Å². The summed E-state index contributed by atoms with van der Waals surface area (Å²) in [5.74, 6) is 1.87. The third-order valence-corrected chi connectivity index (χ3v) is 12.1. The highest BCUT2D eigenvalue weighted by molar-refractivity contribution is 6.13. The molecule has 0 fully saturated rings. The maximum Gasteiger partial charge on any atom is 0.164 e. The van der Waals surface area contributed by atoms with Crippen LogP contribution in [0.5, 0.6) is 0 Å². The van der Waals surface area contributed by atoms with Crippen LogP contribution >= 0.6 is 0 Å². The number of rotatable bonds is 8. The molecule has 0 radical (unpaired) electrons. The van der Waals surface area contributed by atoms with Gasteiger partial charge in [-0.15, -0.1) is 0 Å². The third kappa shape index (κ3) is 6.80. The van der Waals surface area contributed by atoms with E-state index in [1.807, 2.05) is 37.3 Å². The minimum atomic E-state index is 0.617. The highest BCUT2D eigenvalue weighted by atomic mass is 15.2. The molecule has 3 heterocycles. The summed E-state index contributed by atoms with van der Waals surface area (Å²) >= 11 is 0. The zero-order valence-electron chi connectivity index (χ0n) is 35.6. The van der Waals surface area contributed by atoms with Crippen LogP contribution in [-0.2, 0) is 0 Å². The first kappa shape index (κ1) is 38.5. The molecule has 5 nitrogen and oxygen atoms in total. The normalized spacial score (nSPS) is 12.2.